The molecular formula is C15H26O. The Morgan fingerprint density at radius 1 is 1.31 bits per heavy atom. The molecule has 1 aliphatic carbocycles. The van der Waals surface area contributed by atoms with Gasteiger partial charge in [0.15, 0.2) is 0 Å². The zero-order valence-corrected chi connectivity index (χ0v) is 11.4. The zero-order chi connectivity index (χ0) is 12.6. The number of carbonyl (C=O) groups excluding carboxylic acids is 1. The smallest absolute Gasteiger partial charge is 0.133 e. The Kier molecular flexibility index (Phi) is 7.88. The summed E-state index contributed by atoms with van der Waals surface area (Å²) in [4.78, 5) is 11.4. The van der Waals surface area contributed by atoms with Crippen molar-refractivity contribution in [3.05, 3.63) is 23.8 Å². The summed E-state index contributed by atoms with van der Waals surface area (Å²) in [5.74, 6) is 0.965. The molecule has 0 saturated heterocycles. The normalized spacial score (nSPS) is 16.2. The minimum atomic E-state index is 0.198. The van der Waals surface area contributed by atoms with E-state index in [1.807, 2.05) is 13.8 Å². The minimum Gasteiger partial charge on any atom is -0.300 e. The van der Waals surface area contributed by atoms with Gasteiger partial charge in [-0.05, 0) is 32.1 Å². The summed E-state index contributed by atoms with van der Waals surface area (Å²) in [5, 5.41) is 0. The van der Waals surface area contributed by atoms with Gasteiger partial charge in [0.2, 0.25) is 0 Å². The van der Waals surface area contributed by atoms with Gasteiger partial charge in [-0.25, -0.2) is 0 Å². The molecule has 1 unspecified atom stereocenters. The van der Waals surface area contributed by atoms with Gasteiger partial charge in [0.25, 0.3) is 0 Å². The van der Waals surface area contributed by atoms with Crippen molar-refractivity contribution in [3.63, 3.8) is 0 Å². The summed E-state index contributed by atoms with van der Waals surface area (Å²) in [5.41, 5.74) is 1.34. The Bertz CT molecular complexity index is 259. The minimum absolute atomic E-state index is 0.198. The summed E-state index contributed by atoms with van der Waals surface area (Å²) in [6.45, 7) is 9.95. The molecule has 0 saturated carbocycles. The number of Topliss-reactive ketones (excluding diaryl/α,β-unsaturated/α-hetero) is 1. The maximum Gasteiger partial charge on any atom is 0.133 e. The average Bonchev–Trinajstić information content (AvgIpc) is 2.29. The molecule has 0 aromatic carbocycles. The Balaban J connectivity index is 0.00000106. The Morgan fingerprint density at radius 2 is 1.94 bits per heavy atom. The fourth-order valence-corrected chi connectivity index (χ4v) is 1.92. The lowest BCUT2D eigenvalue weighted by atomic mass is 9.85. The molecule has 0 spiro atoms. The Hall–Kier alpha value is -0.850. The fourth-order valence-electron chi connectivity index (χ4n) is 1.92. The van der Waals surface area contributed by atoms with E-state index in [1.165, 1.54) is 5.57 Å². The van der Waals surface area contributed by atoms with Gasteiger partial charge in [-0.3, -0.25) is 4.79 Å². The first-order valence-electron chi connectivity index (χ1n) is 6.47. The summed E-state index contributed by atoms with van der Waals surface area (Å²) in [6, 6.07) is 0. The second kappa shape index (κ2) is 8.32. The van der Waals surface area contributed by atoms with Crippen LogP contribution >= 0.6 is 0 Å². The molecule has 1 nitrogen and oxygen atoms in total. The van der Waals surface area contributed by atoms with Crippen LogP contribution in [0.25, 0.3) is 0 Å². The van der Waals surface area contributed by atoms with Gasteiger partial charge in [0, 0.05) is 5.92 Å². The zero-order valence-electron chi connectivity index (χ0n) is 11.4. The monoisotopic (exact) mass is 222 g/mol. The highest BCUT2D eigenvalue weighted by atomic mass is 16.1. The van der Waals surface area contributed by atoms with Crippen molar-refractivity contribution in [2.75, 3.05) is 0 Å². The molecule has 1 heteroatoms. The first-order valence-corrected chi connectivity index (χ1v) is 6.47. The lowest BCUT2D eigenvalue weighted by Crippen LogP contribution is -2.18. The van der Waals surface area contributed by atoms with Gasteiger partial charge in [0.1, 0.15) is 5.78 Å². The quantitative estimate of drug-likeness (QED) is 0.682. The molecule has 0 bridgehead atoms. The molecular weight excluding hydrogens is 196 g/mol. The summed E-state index contributed by atoms with van der Waals surface area (Å²) < 4.78 is 0. The molecule has 0 aromatic heterocycles. The predicted octanol–water partition coefficient (Wildman–Crippen LogP) is 4.54. The van der Waals surface area contributed by atoms with Crippen molar-refractivity contribution >= 4 is 5.78 Å². The van der Waals surface area contributed by atoms with Gasteiger partial charge < -0.3 is 0 Å². The lowest BCUT2D eigenvalue weighted by Gasteiger charge is -2.19. The van der Waals surface area contributed by atoms with Gasteiger partial charge in [-0.1, -0.05) is 51.5 Å². The van der Waals surface area contributed by atoms with Crippen molar-refractivity contribution in [3.8, 4) is 0 Å². The topological polar surface area (TPSA) is 17.1 Å². The fraction of sp³-hybridized carbons (Fsp3) is 0.667. The molecule has 1 rings (SSSR count). The third-order valence-electron chi connectivity index (χ3n) is 2.85. The highest BCUT2D eigenvalue weighted by Gasteiger charge is 2.19. The maximum atomic E-state index is 11.4. The van der Waals surface area contributed by atoms with E-state index in [-0.39, 0.29) is 5.92 Å². The van der Waals surface area contributed by atoms with Crippen LogP contribution in [0.4, 0.5) is 0 Å². The number of ketones is 1. The standard InChI is InChI=1S/C13H20O.C2H6/c1-10(2)13(11(3)14)9-12-7-5-4-6-8-12;1-2/h5,7-8,10,13H,4,6,9H2,1-3H3;1-2H3. The van der Waals surface area contributed by atoms with E-state index in [0.29, 0.717) is 11.7 Å². The van der Waals surface area contributed by atoms with Gasteiger partial charge >= 0.3 is 0 Å². The molecule has 16 heavy (non-hydrogen) atoms. The number of allylic oxidation sites excluding steroid dienone is 4. The molecule has 0 aliphatic heterocycles. The van der Waals surface area contributed by atoms with E-state index < -0.39 is 0 Å². The molecule has 0 amide bonds. The highest BCUT2D eigenvalue weighted by molar-refractivity contribution is 5.78. The van der Waals surface area contributed by atoms with Crippen LogP contribution in [0.3, 0.4) is 0 Å². The van der Waals surface area contributed by atoms with E-state index >= 15 is 0 Å². The van der Waals surface area contributed by atoms with Crippen LogP contribution in [0.2, 0.25) is 0 Å². The largest absolute Gasteiger partial charge is 0.300 e. The number of hydrogen-bond donors (Lipinski definition) is 0. The van der Waals surface area contributed by atoms with E-state index in [1.54, 1.807) is 6.92 Å². The van der Waals surface area contributed by atoms with Crippen molar-refractivity contribution in [1.82, 2.24) is 0 Å². The van der Waals surface area contributed by atoms with Crippen LogP contribution in [0.15, 0.2) is 23.8 Å². The molecule has 0 fully saturated rings. The third-order valence-corrected chi connectivity index (χ3v) is 2.85. The van der Waals surface area contributed by atoms with Crippen molar-refractivity contribution in [1.29, 1.82) is 0 Å². The van der Waals surface area contributed by atoms with Gasteiger partial charge in [0.05, 0.1) is 0 Å². The van der Waals surface area contributed by atoms with Crippen LogP contribution < -0.4 is 0 Å². The number of rotatable bonds is 4. The molecule has 1 aliphatic rings. The maximum absolute atomic E-state index is 11.4. The van der Waals surface area contributed by atoms with Gasteiger partial charge in [-0.2, -0.15) is 0 Å². The van der Waals surface area contributed by atoms with E-state index in [4.69, 9.17) is 0 Å². The van der Waals surface area contributed by atoms with Crippen molar-refractivity contribution in [2.24, 2.45) is 11.8 Å². The molecule has 92 valence electrons. The number of hydrogen-bond acceptors (Lipinski definition) is 1. The molecule has 0 aromatic rings. The van der Waals surface area contributed by atoms with Crippen LogP contribution in [0.5, 0.6) is 0 Å². The summed E-state index contributed by atoms with van der Waals surface area (Å²) in [6.07, 6.45) is 9.83. The summed E-state index contributed by atoms with van der Waals surface area (Å²) in [7, 11) is 0. The molecule has 1 atom stereocenters. The van der Waals surface area contributed by atoms with E-state index in [9.17, 15) is 4.79 Å². The van der Waals surface area contributed by atoms with Crippen LogP contribution in [0.1, 0.15) is 53.9 Å². The lowest BCUT2D eigenvalue weighted by molar-refractivity contribution is -0.121. The average molecular weight is 222 g/mol. The van der Waals surface area contributed by atoms with Crippen molar-refractivity contribution < 1.29 is 4.79 Å². The molecule has 0 radical (unpaired) electrons. The second-order valence-corrected chi connectivity index (χ2v) is 4.42. The van der Waals surface area contributed by atoms with Gasteiger partial charge in [-0.15, -0.1) is 0 Å². The third kappa shape index (κ3) is 5.29. The first kappa shape index (κ1) is 15.2. The summed E-state index contributed by atoms with van der Waals surface area (Å²) >= 11 is 0. The van der Waals surface area contributed by atoms with Crippen LogP contribution in [-0.4, -0.2) is 5.78 Å². The Labute approximate surface area is 101 Å². The molecule has 0 N–H and O–H groups in total. The van der Waals surface area contributed by atoms with E-state index in [2.05, 4.69) is 32.1 Å². The van der Waals surface area contributed by atoms with E-state index in [0.717, 1.165) is 19.3 Å². The SMILES string of the molecule is CC.CC(=O)C(CC1=CCCC=C1)C(C)C. The van der Waals surface area contributed by atoms with Crippen molar-refractivity contribution in [2.45, 2.75) is 53.9 Å². The Morgan fingerprint density at radius 3 is 2.31 bits per heavy atom. The number of carbonyl (C=O) groups is 1. The predicted molar refractivity (Wildman–Crippen MR) is 71.4 cm³/mol. The second-order valence-electron chi connectivity index (χ2n) is 4.42. The van der Waals surface area contributed by atoms with Crippen LogP contribution in [-0.2, 0) is 4.79 Å². The molecule has 0 heterocycles. The van der Waals surface area contributed by atoms with Crippen LogP contribution in [0, 0.1) is 11.8 Å². The highest BCUT2D eigenvalue weighted by Crippen LogP contribution is 2.24. The first-order chi connectivity index (χ1) is 7.61.